The minimum atomic E-state index is -6.30. The van der Waals surface area contributed by atoms with Gasteiger partial charge in [0.25, 0.3) is 0 Å². The van der Waals surface area contributed by atoms with Crippen LogP contribution in [0.2, 0.25) is 0 Å². The molecule has 0 saturated heterocycles. The van der Waals surface area contributed by atoms with Crippen LogP contribution >= 0.6 is 0 Å². The van der Waals surface area contributed by atoms with Crippen LogP contribution in [0.25, 0.3) is 0 Å². The molecule has 0 aromatic rings. The SMILES string of the molecule is CC(C)(/C=C/OC(O)(C(F)(F)F)C(F)(F)F)C(C)(O)C(F)(F)F. The fraction of sp³-hybridized carbons (Fsp3) is 0.818. The van der Waals surface area contributed by atoms with E-state index >= 15 is 0 Å². The maximum absolute atomic E-state index is 12.6. The Hall–Kier alpha value is -1.17. The predicted octanol–water partition coefficient (Wildman–Crippen LogP) is 3.67. The zero-order valence-electron chi connectivity index (χ0n) is 11.9. The molecule has 0 amide bonds. The lowest BCUT2D eigenvalue weighted by atomic mass is 9.75. The van der Waals surface area contributed by atoms with Crippen molar-refractivity contribution < 1.29 is 54.5 Å². The van der Waals surface area contributed by atoms with E-state index in [0.717, 1.165) is 0 Å². The third-order valence-corrected chi connectivity index (χ3v) is 3.30. The number of hydrogen-bond donors (Lipinski definition) is 2. The number of aliphatic hydroxyl groups is 2. The summed E-state index contributed by atoms with van der Waals surface area (Å²) >= 11 is 0. The van der Waals surface area contributed by atoms with E-state index in [9.17, 15) is 44.6 Å². The van der Waals surface area contributed by atoms with E-state index in [-0.39, 0.29) is 19.3 Å². The summed E-state index contributed by atoms with van der Waals surface area (Å²) < 4.78 is 115. The van der Waals surface area contributed by atoms with Gasteiger partial charge in [0.1, 0.15) is 0 Å². The van der Waals surface area contributed by atoms with Crippen LogP contribution in [-0.2, 0) is 4.74 Å². The summed E-state index contributed by atoms with van der Waals surface area (Å²) in [6.45, 7) is 1.66. The van der Waals surface area contributed by atoms with Gasteiger partial charge in [-0.25, -0.2) is 0 Å². The molecule has 0 aromatic carbocycles. The van der Waals surface area contributed by atoms with Crippen LogP contribution in [-0.4, -0.2) is 40.1 Å². The van der Waals surface area contributed by atoms with Gasteiger partial charge >= 0.3 is 24.3 Å². The molecule has 0 fully saturated rings. The third-order valence-electron chi connectivity index (χ3n) is 3.30. The van der Waals surface area contributed by atoms with Crippen molar-refractivity contribution in [3.05, 3.63) is 12.3 Å². The average molecular weight is 364 g/mol. The van der Waals surface area contributed by atoms with Crippen molar-refractivity contribution in [2.45, 2.75) is 50.7 Å². The lowest BCUT2D eigenvalue weighted by Crippen LogP contribution is -2.58. The van der Waals surface area contributed by atoms with E-state index < -0.39 is 35.3 Å². The number of halogens is 9. The van der Waals surface area contributed by atoms with Gasteiger partial charge in [-0.3, -0.25) is 0 Å². The van der Waals surface area contributed by atoms with Gasteiger partial charge in [-0.05, 0) is 13.0 Å². The molecule has 3 nitrogen and oxygen atoms in total. The maximum atomic E-state index is 12.6. The van der Waals surface area contributed by atoms with Crippen LogP contribution in [0.5, 0.6) is 0 Å². The number of rotatable bonds is 4. The smallest absolute Gasteiger partial charge is 0.455 e. The minimum Gasteiger partial charge on any atom is -0.455 e. The molecule has 1 unspecified atom stereocenters. The van der Waals surface area contributed by atoms with Gasteiger partial charge in [0.15, 0.2) is 5.60 Å². The molecule has 0 aliphatic heterocycles. The van der Waals surface area contributed by atoms with E-state index in [4.69, 9.17) is 5.11 Å². The zero-order chi connectivity index (χ0) is 19.1. The molecule has 0 heterocycles. The van der Waals surface area contributed by atoms with Crippen molar-refractivity contribution in [3.8, 4) is 0 Å². The fourth-order valence-electron chi connectivity index (χ4n) is 1.12. The second-order valence-electron chi connectivity index (χ2n) is 5.35. The fourth-order valence-corrected chi connectivity index (χ4v) is 1.12. The molecule has 0 saturated carbocycles. The molecule has 12 heteroatoms. The Labute approximate surface area is 124 Å². The molecule has 0 aliphatic rings. The maximum Gasteiger partial charge on any atom is 0.465 e. The molecule has 0 radical (unpaired) electrons. The second-order valence-corrected chi connectivity index (χ2v) is 5.35. The predicted molar refractivity (Wildman–Crippen MR) is 57.7 cm³/mol. The second kappa shape index (κ2) is 5.72. The summed E-state index contributed by atoms with van der Waals surface area (Å²) in [7, 11) is 0. The van der Waals surface area contributed by atoms with Crippen LogP contribution < -0.4 is 0 Å². The quantitative estimate of drug-likeness (QED) is 0.455. The standard InChI is InChI=1S/C11H13F9O3/c1-6(2,7(3,21)9(12,13)14)4-5-23-8(22,10(15,16)17)11(18,19)20/h4-5,21-22H,1-3H3/b5-4+. The van der Waals surface area contributed by atoms with Crippen molar-refractivity contribution in [3.63, 3.8) is 0 Å². The Balaban J connectivity index is 5.55. The third kappa shape index (κ3) is 4.03. The highest BCUT2D eigenvalue weighted by atomic mass is 19.4. The van der Waals surface area contributed by atoms with Gasteiger partial charge in [-0.15, -0.1) is 0 Å². The average Bonchev–Trinajstić information content (AvgIpc) is 2.23. The summed E-state index contributed by atoms with van der Waals surface area (Å²) in [5.41, 5.74) is -5.86. The molecule has 0 aromatic heterocycles. The van der Waals surface area contributed by atoms with Crippen molar-refractivity contribution >= 4 is 0 Å². The Bertz CT molecular complexity index is 429. The summed E-state index contributed by atoms with van der Waals surface area (Å²) in [6.07, 6.45) is -18.1. The van der Waals surface area contributed by atoms with E-state index in [0.29, 0.717) is 13.8 Å². The molecule has 138 valence electrons. The summed E-state index contributed by atoms with van der Waals surface area (Å²) in [5, 5.41) is 18.0. The first-order valence-electron chi connectivity index (χ1n) is 5.71. The van der Waals surface area contributed by atoms with Gasteiger partial charge in [0, 0.05) is 5.41 Å². The van der Waals surface area contributed by atoms with Crippen LogP contribution in [0.4, 0.5) is 39.5 Å². The van der Waals surface area contributed by atoms with E-state index in [1.165, 1.54) is 0 Å². The molecular formula is C11H13F9O3. The number of alkyl halides is 9. The van der Waals surface area contributed by atoms with E-state index in [1.54, 1.807) is 0 Å². The van der Waals surface area contributed by atoms with Crippen LogP contribution in [0.15, 0.2) is 12.3 Å². The highest BCUT2D eigenvalue weighted by Crippen LogP contribution is 2.46. The van der Waals surface area contributed by atoms with Gasteiger partial charge in [0.2, 0.25) is 0 Å². The Morgan fingerprint density at radius 2 is 1.04 bits per heavy atom. The summed E-state index contributed by atoms with van der Waals surface area (Å²) in [5.74, 6) is -5.60. The molecule has 1 atom stereocenters. The minimum absolute atomic E-state index is 0.128. The molecule has 0 bridgehead atoms. The first-order chi connectivity index (χ1) is 9.71. The van der Waals surface area contributed by atoms with Crippen molar-refractivity contribution in [2.24, 2.45) is 5.41 Å². The normalized spacial score (nSPS) is 18.2. The van der Waals surface area contributed by atoms with Gasteiger partial charge in [-0.1, -0.05) is 13.8 Å². The van der Waals surface area contributed by atoms with E-state index in [2.05, 4.69) is 4.74 Å². The first kappa shape index (κ1) is 21.8. The van der Waals surface area contributed by atoms with Crippen molar-refractivity contribution in [2.75, 3.05) is 0 Å². The molecule has 0 aliphatic carbocycles. The topological polar surface area (TPSA) is 49.7 Å². The summed E-state index contributed by atoms with van der Waals surface area (Å²) in [4.78, 5) is 0. The summed E-state index contributed by atoms with van der Waals surface area (Å²) in [6, 6.07) is 0. The highest BCUT2D eigenvalue weighted by Gasteiger charge is 2.73. The zero-order valence-corrected chi connectivity index (χ0v) is 11.9. The van der Waals surface area contributed by atoms with Gasteiger partial charge in [-0.2, -0.15) is 39.5 Å². The lowest BCUT2D eigenvalue weighted by molar-refractivity contribution is -0.445. The van der Waals surface area contributed by atoms with Gasteiger partial charge in [0.05, 0.1) is 6.26 Å². The van der Waals surface area contributed by atoms with Crippen LogP contribution in [0, 0.1) is 5.41 Å². The molecule has 23 heavy (non-hydrogen) atoms. The Morgan fingerprint density at radius 1 is 0.696 bits per heavy atom. The van der Waals surface area contributed by atoms with Crippen molar-refractivity contribution in [1.82, 2.24) is 0 Å². The van der Waals surface area contributed by atoms with Crippen LogP contribution in [0.1, 0.15) is 20.8 Å². The monoisotopic (exact) mass is 364 g/mol. The van der Waals surface area contributed by atoms with Crippen molar-refractivity contribution in [1.29, 1.82) is 0 Å². The Morgan fingerprint density at radius 3 is 1.30 bits per heavy atom. The lowest BCUT2D eigenvalue weighted by Gasteiger charge is -2.39. The first-order valence-corrected chi connectivity index (χ1v) is 5.71. The largest absolute Gasteiger partial charge is 0.465 e. The molecule has 2 N–H and O–H groups in total. The highest BCUT2D eigenvalue weighted by molar-refractivity contribution is 5.06. The molecule has 0 spiro atoms. The number of hydrogen-bond acceptors (Lipinski definition) is 3. The van der Waals surface area contributed by atoms with Crippen LogP contribution in [0.3, 0.4) is 0 Å². The molecule has 0 rings (SSSR count). The Kier molecular flexibility index (Phi) is 5.43. The number of ether oxygens (including phenoxy) is 1. The van der Waals surface area contributed by atoms with Gasteiger partial charge < -0.3 is 14.9 Å². The van der Waals surface area contributed by atoms with E-state index in [1.807, 2.05) is 0 Å². The molecular weight excluding hydrogens is 351 g/mol.